The standard InChI is InChI=1S/C12H17F2N3O/c1-8(6-15)7-17(2)12(18)16-11-4-3-9(13)5-10(11)14/h3-5,8H,6-7,15H2,1-2H3,(H,16,18). The Labute approximate surface area is 105 Å². The normalized spacial score (nSPS) is 12.1. The SMILES string of the molecule is CC(CN)CN(C)C(=O)Nc1ccc(F)cc1F. The fourth-order valence-electron chi connectivity index (χ4n) is 1.43. The Morgan fingerprint density at radius 1 is 1.50 bits per heavy atom. The van der Waals surface area contributed by atoms with E-state index in [1.807, 2.05) is 6.92 Å². The van der Waals surface area contributed by atoms with Crippen molar-refractivity contribution >= 4 is 11.7 Å². The van der Waals surface area contributed by atoms with Gasteiger partial charge >= 0.3 is 6.03 Å². The van der Waals surface area contributed by atoms with E-state index in [1.165, 1.54) is 11.0 Å². The lowest BCUT2D eigenvalue weighted by Gasteiger charge is -2.21. The number of halogens is 2. The van der Waals surface area contributed by atoms with Gasteiger partial charge in [-0.25, -0.2) is 13.6 Å². The van der Waals surface area contributed by atoms with Crippen LogP contribution in [0.2, 0.25) is 0 Å². The van der Waals surface area contributed by atoms with Gasteiger partial charge in [0, 0.05) is 19.7 Å². The van der Waals surface area contributed by atoms with Crippen LogP contribution in [0.3, 0.4) is 0 Å². The zero-order chi connectivity index (χ0) is 13.7. The molecular weight excluding hydrogens is 240 g/mol. The second-order valence-corrected chi connectivity index (χ2v) is 4.28. The lowest BCUT2D eigenvalue weighted by atomic mass is 10.2. The highest BCUT2D eigenvalue weighted by atomic mass is 19.1. The molecule has 3 N–H and O–H groups in total. The van der Waals surface area contributed by atoms with Crippen molar-refractivity contribution in [1.82, 2.24) is 4.90 Å². The van der Waals surface area contributed by atoms with E-state index in [0.717, 1.165) is 12.1 Å². The first-order chi connectivity index (χ1) is 8.43. The first kappa shape index (κ1) is 14.4. The highest BCUT2D eigenvalue weighted by molar-refractivity contribution is 5.89. The number of benzene rings is 1. The average Bonchev–Trinajstić information content (AvgIpc) is 2.32. The van der Waals surface area contributed by atoms with Crippen LogP contribution < -0.4 is 11.1 Å². The van der Waals surface area contributed by atoms with Gasteiger partial charge in [0.25, 0.3) is 0 Å². The fraction of sp³-hybridized carbons (Fsp3) is 0.417. The number of rotatable bonds is 4. The van der Waals surface area contributed by atoms with Crippen LogP contribution in [-0.4, -0.2) is 31.1 Å². The van der Waals surface area contributed by atoms with Crippen molar-refractivity contribution < 1.29 is 13.6 Å². The smallest absolute Gasteiger partial charge is 0.321 e. The monoisotopic (exact) mass is 257 g/mol. The number of nitrogens with zero attached hydrogens (tertiary/aromatic N) is 1. The predicted molar refractivity (Wildman–Crippen MR) is 66.2 cm³/mol. The molecule has 0 aromatic heterocycles. The Kier molecular flexibility index (Phi) is 5.03. The van der Waals surface area contributed by atoms with E-state index in [2.05, 4.69) is 5.32 Å². The molecular formula is C12H17F2N3O. The van der Waals surface area contributed by atoms with Crippen molar-refractivity contribution in [3.63, 3.8) is 0 Å². The second-order valence-electron chi connectivity index (χ2n) is 4.28. The summed E-state index contributed by atoms with van der Waals surface area (Å²) in [6, 6.07) is 2.53. The van der Waals surface area contributed by atoms with E-state index in [-0.39, 0.29) is 11.6 Å². The van der Waals surface area contributed by atoms with E-state index in [9.17, 15) is 13.6 Å². The highest BCUT2D eigenvalue weighted by Gasteiger charge is 2.13. The van der Waals surface area contributed by atoms with Crippen molar-refractivity contribution in [2.45, 2.75) is 6.92 Å². The van der Waals surface area contributed by atoms with Crippen LogP contribution in [0.15, 0.2) is 18.2 Å². The topological polar surface area (TPSA) is 58.4 Å². The number of carbonyl (C=O) groups is 1. The van der Waals surface area contributed by atoms with Crippen molar-refractivity contribution in [3.8, 4) is 0 Å². The van der Waals surface area contributed by atoms with Gasteiger partial charge < -0.3 is 16.0 Å². The Hall–Kier alpha value is -1.69. The van der Waals surface area contributed by atoms with Crippen LogP contribution >= 0.6 is 0 Å². The van der Waals surface area contributed by atoms with Gasteiger partial charge in [0.15, 0.2) is 0 Å². The molecule has 1 atom stereocenters. The lowest BCUT2D eigenvalue weighted by molar-refractivity contribution is 0.216. The molecule has 0 saturated heterocycles. The zero-order valence-electron chi connectivity index (χ0n) is 10.4. The minimum Gasteiger partial charge on any atom is -0.330 e. The van der Waals surface area contributed by atoms with Crippen molar-refractivity contribution in [3.05, 3.63) is 29.8 Å². The molecule has 6 heteroatoms. The van der Waals surface area contributed by atoms with Crippen molar-refractivity contribution in [1.29, 1.82) is 0 Å². The van der Waals surface area contributed by atoms with Gasteiger partial charge in [-0.1, -0.05) is 6.92 Å². The summed E-state index contributed by atoms with van der Waals surface area (Å²) in [4.78, 5) is 13.1. The first-order valence-electron chi connectivity index (χ1n) is 5.61. The van der Waals surface area contributed by atoms with Crippen LogP contribution in [0.1, 0.15) is 6.92 Å². The molecule has 0 heterocycles. The van der Waals surface area contributed by atoms with E-state index in [0.29, 0.717) is 13.1 Å². The van der Waals surface area contributed by atoms with Gasteiger partial charge in [0.2, 0.25) is 0 Å². The molecule has 0 bridgehead atoms. The molecule has 1 aromatic carbocycles. The molecule has 18 heavy (non-hydrogen) atoms. The number of nitrogens with one attached hydrogen (secondary N) is 1. The number of carbonyl (C=O) groups excluding carboxylic acids is 1. The summed E-state index contributed by atoms with van der Waals surface area (Å²) in [7, 11) is 1.59. The molecule has 4 nitrogen and oxygen atoms in total. The highest BCUT2D eigenvalue weighted by Crippen LogP contribution is 2.15. The summed E-state index contributed by atoms with van der Waals surface area (Å²) in [5.74, 6) is -1.34. The summed E-state index contributed by atoms with van der Waals surface area (Å²) in [6.07, 6.45) is 0. The average molecular weight is 257 g/mol. The maximum atomic E-state index is 13.3. The molecule has 0 aliphatic rings. The molecule has 2 amide bonds. The summed E-state index contributed by atoms with van der Waals surface area (Å²) in [6.45, 7) is 2.83. The Morgan fingerprint density at radius 2 is 2.17 bits per heavy atom. The Morgan fingerprint density at radius 3 is 2.72 bits per heavy atom. The number of hydrogen-bond donors (Lipinski definition) is 2. The predicted octanol–water partition coefficient (Wildman–Crippen LogP) is 2.02. The molecule has 1 unspecified atom stereocenters. The third-order valence-corrected chi connectivity index (χ3v) is 2.51. The summed E-state index contributed by atoms with van der Waals surface area (Å²) >= 11 is 0. The molecule has 100 valence electrons. The van der Waals surface area contributed by atoms with Crippen LogP contribution in [0.5, 0.6) is 0 Å². The summed E-state index contributed by atoms with van der Waals surface area (Å²) < 4.78 is 26.0. The van der Waals surface area contributed by atoms with Gasteiger partial charge in [-0.2, -0.15) is 0 Å². The third-order valence-electron chi connectivity index (χ3n) is 2.51. The van der Waals surface area contributed by atoms with E-state index in [1.54, 1.807) is 7.05 Å². The quantitative estimate of drug-likeness (QED) is 0.867. The van der Waals surface area contributed by atoms with Crippen molar-refractivity contribution in [2.75, 3.05) is 25.5 Å². The largest absolute Gasteiger partial charge is 0.330 e. The molecule has 1 aromatic rings. The minimum atomic E-state index is -0.802. The van der Waals surface area contributed by atoms with E-state index >= 15 is 0 Å². The van der Waals surface area contributed by atoms with Gasteiger partial charge in [-0.3, -0.25) is 0 Å². The molecule has 0 saturated carbocycles. The molecule has 0 aliphatic heterocycles. The Bertz CT molecular complexity index is 426. The van der Waals surface area contributed by atoms with Gasteiger partial charge in [-0.05, 0) is 24.6 Å². The third kappa shape index (κ3) is 3.96. The summed E-state index contributed by atoms with van der Waals surface area (Å²) in [5, 5.41) is 2.37. The van der Waals surface area contributed by atoms with E-state index in [4.69, 9.17) is 5.73 Å². The second kappa shape index (κ2) is 6.30. The van der Waals surface area contributed by atoms with Crippen LogP contribution in [0.25, 0.3) is 0 Å². The molecule has 0 spiro atoms. The van der Waals surface area contributed by atoms with Crippen LogP contribution in [0.4, 0.5) is 19.3 Å². The molecule has 0 radical (unpaired) electrons. The maximum absolute atomic E-state index is 13.3. The van der Waals surface area contributed by atoms with E-state index < -0.39 is 17.7 Å². The molecule has 1 rings (SSSR count). The number of anilines is 1. The Balaban J connectivity index is 2.64. The van der Waals surface area contributed by atoms with Crippen LogP contribution in [0, 0.1) is 17.6 Å². The number of hydrogen-bond acceptors (Lipinski definition) is 2. The van der Waals surface area contributed by atoms with Gasteiger partial charge in [0.05, 0.1) is 5.69 Å². The van der Waals surface area contributed by atoms with Crippen molar-refractivity contribution in [2.24, 2.45) is 11.7 Å². The first-order valence-corrected chi connectivity index (χ1v) is 5.61. The number of amides is 2. The lowest BCUT2D eigenvalue weighted by Crippen LogP contribution is -2.36. The van der Waals surface area contributed by atoms with Crippen LogP contribution in [-0.2, 0) is 0 Å². The van der Waals surface area contributed by atoms with Gasteiger partial charge in [-0.15, -0.1) is 0 Å². The molecule has 0 fully saturated rings. The maximum Gasteiger partial charge on any atom is 0.321 e. The fourth-order valence-corrected chi connectivity index (χ4v) is 1.43. The zero-order valence-corrected chi connectivity index (χ0v) is 10.4. The molecule has 0 aliphatic carbocycles. The minimum absolute atomic E-state index is 0.0475. The van der Waals surface area contributed by atoms with Gasteiger partial charge in [0.1, 0.15) is 11.6 Å². The number of nitrogens with two attached hydrogens (primary N) is 1. The number of urea groups is 1. The summed E-state index contributed by atoms with van der Waals surface area (Å²) in [5.41, 5.74) is 5.41.